The van der Waals surface area contributed by atoms with Crippen molar-refractivity contribution in [1.82, 2.24) is 13.7 Å². The number of hydrogen-bond donors (Lipinski definition) is 0. The highest BCUT2D eigenvalue weighted by molar-refractivity contribution is 7.91. The number of ether oxygens (including phenoxy) is 2. The average molecular weight is 1120 g/mol. The lowest BCUT2D eigenvalue weighted by atomic mass is 9.90. The summed E-state index contributed by atoms with van der Waals surface area (Å²) in [5, 5.41) is 16.0. The Hall–Kier alpha value is -11.1. The fourth-order valence-corrected chi connectivity index (χ4v) is 14.9. The number of rotatable bonds is 7. The molecule has 10 nitrogen and oxygen atoms in total. The Labute approximate surface area is 488 Å². The summed E-state index contributed by atoms with van der Waals surface area (Å²) in [4.78, 5) is 4.87. The molecule has 1 atom stereocenters. The van der Waals surface area contributed by atoms with Crippen molar-refractivity contribution in [3.8, 4) is 40.4 Å². The van der Waals surface area contributed by atoms with Gasteiger partial charge >= 0.3 is 0 Å². The highest BCUT2D eigenvalue weighted by atomic mass is 32.2. The van der Waals surface area contributed by atoms with E-state index in [1.165, 1.54) is 12.1 Å². The van der Waals surface area contributed by atoms with Crippen LogP contribution in [0.4, 0.5) is 28.4 Å². The molecule has 11 aromatic carbocycles. The molecular formula is C74H48N6O4S. The third kappa shape index (κ3) is 7.06. The van der Waals surface area contributed by atoms with Gasteiger partial charge in [0.25, 0.3) is 0 Å². The molecule has 0 saturated carbocycles. The largest absolute Gasteiger partial charge is 0.453 e. The molecule has 1 aliphatic carbocycles. The number of benzene rings is 11. The normalized spacial score (nSPS) is 15.4. The summed E-state index contributed by atoms with van der Waals surface area (Å²) in [5.41, 5.74) is 13.8. The molecule has 11 heteroatoms. The molecule has 85 heavy (non-hydrogen) atoms. The standard InChI is InChI=1S/C74H48N6O4S/c1-74(44-42-51(43-45-74)77-62-24-10-14-28-66(62)84-67-29-15-11-25-63(67)77)80-59-21-7-4-18-56(59)70-72-68(54-16-2-5-19-57(54)78(72)49-34-32-48(33-35-49)76-60-22-8-12-26-64(60)83-65-27-13-9-23-61(65)76)71-69(73(70)80)55-17-3-6-20-58(55)79(71)50-36-40-53(41-37-50)85(81,82)52-38-30-47(46-75)31-39-52/h2-44H,45H2,1H3. The smallest absolute Gasteiger partial charge is 0.206 e. The van der Waals surface area contributed by atoms with E-state index in [2.05, 4.69) is 188 Å². The molecule has 0 radical (unpaired) electrons. The zero-order valence-electron chi connectivity index (χ0n) is 45.8. The van der Waals surface area contributed by atoms with Gasteiger partial charge in [-0.15, -0.1) is 0 Å². The van der Waals surface area contributed by atoms with Gasteiger partial charge in [0.05, 0.1) is 77.3 Å². The third-order valence-corrected chi connectivity index (χ3v) is 19.2. The van der Waals surface area contributed by atoms with E-state index in [0.29, 0.717) is 12.0 Å². The summed E-state index contributed by atoms with van der Waals surface area (Å²) >= 11 is 0. The quantitative estimate of drug-likeness (QED) is 0.157. The van der Waals surface area contributed by atoms with Crippen molar-refractivity contribution in [1.29, 1.82) is 5.26 Å². The molecule has 3 aliphatic rings. The average Bonchev–Trinajstić information content (AvgIpc) is 1.52. The first-order valence-corrected chi connectivity index (χ1v) is 29.8. The van der Waals surface area contributed by atoms with Gasteiger partial charge in [-0.2, -0.15) is 5.26 Å². The summed E-state index contributed by atoms with van der Waals surface area (Å²) in [6, 6.07) is 83.3. The van der Waals surface area contributed by atoms with Crippen molar-refractivity contribution < 1.29 is 17.9 Å². The van der Waals surface area contributed by atoms with E-state index in [0.717, 1.165) is 134 Å². The molecule has 14 aromatic rings. The second-order valence-electron chi connectivity index (χ2n) is 22.1. The first kappa shape index (κ1) is 48.6. The van der Waals surface area contributed by atoms with Gasteiger partial charge < -0.3 is 33.0 Å². The van der Waals surface area contributed by atoms with E-state index in [-0.39, 0.29) is 9.79 Å². The van der Waals surface area contributed by atoms with E-state index >= 15 is 0 Å². The van der Waals surface area contributed by atoms with Crippen LogP contribution in [0.2, 0.25) is 0 Å². The maximum Gasteiger partial charge on any atom is 0.206 e. The minimum absolute atomic E-state index is 0.125. The molecule has 17 rings (SSSR count). The van der Waals surface area contributed by atoms with Gasteiger partial charge in [0, 0.05) is 60.6 Å². The number of allylic oxidation sites excluding steroid dienone is 3. The molecule has 0 bridgehead atoms. The van der Waals surface area contributed by atoms with E-state index in [4.69, 9.17) is 9.47 Å². The zero-order chi connectivity index (χ0) is 56.7. The second-order valence-corrected chi connectivity index (χ2v) is 24.1. The van der Waals surface area contributed by atoms with Gasteiger partial charge in [-0.3, -0.25) is 0 Å². The molecule has 3 aromatic heterocycles. The second kappa shape index (κ2) is 18.2. The number of anilines is 5. The van der Waals surface area contributed by atoms with Gasteiger partial charge in [0.2, 0.25) is 9.84 Å². The molecule has 404 valence electrons. The van der Waals surface area contributed by atoms with Gasteiger partial charge in [0.1, 0.15) is 0 Å². The van der Waals surface area contributed by atoms with Crippen LogP contribution in [-0.2, 0) is 15.4 Å². The molecule has 0 saturated heterocycles. The minimum atomic E-state index is -3.93. The molecule has 2 aliphatic heterocycles. The molecule has 0 N–H and O–H groups in total. The first-order valence-electron chi connectivity index (χ1n) is 28.4. The summed E-state index contributed by atoms with van der Waals surface area (Å²) in [7, 11) is -3.93. The van der Waals surface area contributed by atoms with E-state index in [9.17, 15) is 13.7 Å². The van der Waals surface area contributed by atoms with Crippen molar-refractivity contribution in [2.75, 3.05) is 9.80 Å². The summed E-state index contributed by atoms with van der Waals surface area (Å²) in [5.74, 6) is 3.19. The predicted octanol–water partition coefficient (Wildman–Crippen LogP) is 18.8. The van der Waals surface area contributed by atoms with Crippen LogP contribution >= 0.6 is 0 Å². The summed E-state index contributed by atoms with van der Waals surface area (Å²) in [6.45, 7) is 2.35. The number of fused-ring (bicyclic) bond motifs is 16. The van der Waals surface area contributed by atoms with Crippen molar-refractivity contribution in [2.45, 2.75) is 28.7 Å². The lowest BCUT2D eigenvalue weighted by molar-refractivity contribution is 0.435. The van der Waals surface area contributed by atoms with Crippen LogP contribution in [0.15, 0.2) is 276 Å². The zero-order valence-corrected chi connectivity index (χ0v) is 46.6. The Morgan fingerprint density at radius 3 is 1.29 bits per heavy atom. The number of para-hydroxylation sites is 11. The summed E-state index contributed by atoms with van der Waals surface area (Å²) in [6.07, 6.45) is 7.70. The van der Waals surface area contributed by atoms with Crippen molar-refractivity contribution in [3.05, 3.63) is 272 Å². The van der Waals surface area contributed by atoms with Gasteiger partial charge in [-0.05, 0) is 159 Å². The van der Waals surface area contributed by atoms with Gasteiger partial charge in [-0.25, -0.2) is 8.42 Å². The molecular weight excluding hydrogens is 1070 g/mol. The van der Waals surface area contributed by atoms with Crippen LogP contribution in [-0.4, -0.2) is 22.1 Å². The van der Waals surface area contributed by atoms with Crippen LogP contribution in [0.25, 0.3) is 76.8 Å². The topological polar surface area (TPSA) is 97.7 Å². The first-order chi connectivity index (χ1) is 41.8. The molecule has 0 amide bonds. The Morgan fingerprint density at radius 1 is 0.435 bits per heavy atom. The van der Waals surface area contributed by atoms with Crippen molar-refractivity contribution >= 4 is 104 Å². The van der Waals surface area contributed by atoms with Crippen molar-refractivity contribution in [3.63, 3.8) is 0 Å². The number of nitrogens with zero attached hydrogens (tertiary/aromatic N) is 6. The predicted molar refractivity (Wildman–Crippen MR) is 340 cm³/mol. The maximum absolute atomic E-state index is 14.3. The lowest BCUT2D eigenvalue weighted by Crippen LogP contribution is -2.30. The van der Waals surface area contributed by atoms with Crippen LogP contribution < -0.4 is 19.3 Å². The summed E-state index contributed by atoms with van der Waals surface area (Å²) < 4.78 is 48.9. The number of hydrogen-bond acceptors (Lipinski definition) is 7. The molecule has 0 spiro atoms. The van der Waals surface area contributed by atoms with Gasteiger partial charge in [-0.1, -0.05) is 115 Å². The van der Waals surface area contributed by atoms with E-state index in [1.807, 2.05) is 72.8 Å². The van der Waals surface area contributed by atoms with Crippen LogP contribution in [0.1, 0.15) is 18.9 Å². The van der Waals surface area contributed by atoms with E-state index in [1.54, 1.807) is 24.3 Å². The number of sulfone groups is 1. The lowest BCUT2D eigenvalue weighted by Gasteiger charge is -2.37. The van der Waals surface area contributed by atoms with Crippen LogP contribution in [0.3, 0.4) is 0 Å². The highest BCUT2D eigenvalue weighted by Crippen LogP contribution is 2.55. The van der Waals surface area contributed by atoms with Crippen LogP contribution in [0.5, 0.6) is 23.0 Å². The maximum atomic E-state index is 14.3. The fraction of sp³-hybridized carbons (Fsp3) is 0.0405. The molecule has 0 fully saturated rings. The Morgan fingerprint density at radius 2 is 0.824 bits per heavy atom. The van der Waals surface area contributed by atoms with E-state index < -0.39 is 15.4 Å². The minimum Gasteiger partial charge on any atom is -0.453 e. The third-order valence-electron chi connectivity index (χ3n) is 17.4. The fourth-order valence-electron chi connectivity index (χ4n) is 13.6. The van der Waals surface area contributed by atoms with Gasteiger partial charge in [0.15, 0.2) is 23.0 Å². The Balaban J connectivity index is 0.943. The monoisotopic (exact) mass is 1120 g/mol. The Bertz CT molecular complexity index is 5310. The van der Waals surface area contributed by atoms with Crippen LogP contribution in [0, 0.1) is 11.3 Å². The Kier molecular flexibility index (Phi) is 10.4. The van der Waals surface area contributed by atoms with Crippen molar-refractivity contribution in [2.24, 2.45) is 0 Å². The molecule has 1 unspecified atom stereocenters. The number of nitriles is 1. The number of aromatic nitrogens is 3. The highest BCUT2D eigenvalue weighted by Gasteiger charge is 2.36. The SMILES string of the molecule is CC1(n2c3ccccc3c3c4c(c5ccccc5n4-c4ccc(N5c6ccccc6Oc6ccccc65)cc4)c4c(c5ccccc5n4-c4ccc(S(=O)(=O)c5ccc(C#N)cc5)cc4)c32)C=CC(N2c3ccccc3Oc3ccccc32)=CC1. The molecule has 5 heterocycles.